The fraction of sp³-hybridized carbons (Fsp3) is 0.800. The number of carbonyl (C=O) groups is 1. The Morgan fingerprint density at radius 1 is 1.57 bits per heavy atom. The van der Waals surface area contributed by atoms with E-state index in [0.29, 0.717) is 17.5 Å². The van der Waals surface area contributed by atoms with Crippen LogP contribution in [0.2, 0.25) is 0 Å². The maximum atomic E-state index is 11.9. The fourth-order valence-corrected chi connectivity index (χ4v) is 2.30. The van der Waals surface area contributed by atoms with Crippen molar-refractivity contribution >= 4 is 23.1 Å². The zero-order chi connectivity index (χ0) is 10.7. The smallest absolute Gasteiger partial charge is 0.226 e. The van der Waals surface area contributed by atoms with E-state index in [9.17, 15) is 4.79 Å². The third-order valence-corrected chi connectivity index (χ3v) is 3.08. The first kappa shape index (κ1) is 11.4. The lowest BCUT2D eigenvalue weighted by Gasteiger charge is -2.22. The van der Waals surface area contributed by atoms with Gasteiger partial charge in [-0.3, -0.25) is 4.79 Å². The number of nitrogens with zero attached hydrogens (tertiary/aromatic N) is 1. The molecule has 14 heavy (non-hydrogen) atoms. The summed E-state index contributed by atoms with van der Waals surface area (Å²) in [6.07, 6.45) is 3.34. The molecule has 4 heteroatoms. The van der Waals surface area contributed by atoms with Crippen molar-refractivity contribution in [2.24, 2.45) is 17.6 Å². The quantitative estimate of drug-likeness (QED) is 0.717. The average molecular weight is 214 g/mol. The Bertz CT molecular complexity index is 242. The Morgan fingerprint density at radius 2 is 2.21 bits per heavy atom. The van der Waals surface area contributed by atoms with E-state index in [1.807, 2.05) is 0 Å². The van der Waals surface area contributed by atoms with Crippen molar-refractivity contribution in [1.29, 1.82) is 0 Å². The highest BCUT2D eigenvalue weighted by molar-refractivity contribution is 7.80. The molecule has 0 heterocycles. The normalized spacial score (nSPS) is 26.1. The minimum Gasteiger partial charge on any atom is -0.392 e. The summed E-state index contributed by atoms with van der Waals surface area (Å²) in [5, 5.41) is 0. The van der Waals surface area contributed by atoms with Crippen LogP contribution in [0.4, 0.5) is 0 Å². The van der Waals surface area contributed by atoms with Crippen molar-refractivity contribution in [2.45, 2.75) is 26.2 Å². The molecule has 3 nitrogen and oxygen atoms in total. The number of amides is 1. The Hall–Kier alpha value is -0.640. The van der Waals surface area contributed by atoms with Crippen LogP contribution in [0.15, 0.2) is 0 Å². The number of hydrogen-bond acceptors (Lipinski definition) is 2. The van der Waals surface area contributed by atoms with Crippen molar-refractivity contribution in [2.75, 3.05) is 13.6 Å². The van der Waals surface area contributed by atoms with Gasteiger partial charge < -0.3 is 10.6 Å². The van der Waals surface area contributed by atoms with Gasteiger partial charge >= 0.3 is 0 Å². The van der Waals surface area contributed by atoms with E-state index in [0.717, 1.165) is 12.8 Å². The topological polar surface area (TPSA) is 46.3 Å². The van der Waals surface area contributed by atoms with Crippen molar-refractivity contribution in [3.8, 4) is 0 Å². The first-order valence-electron chi connectivity index (χ1n) is 5.05. The second kappa shape index (κ2) is 4.73. The molecule has 2 N–H and O–H groups in total. The van der Waals surface area contributed by atoms with Crippen LogP contribution in [0.3, 0.4) is 0 Å². The molecule has 1 rings (SSSR count). The number of likely N-dealkylation sites (N-methyl/N-ethyl adjacent to an activating group) is 1. The summed E-state index contributed by atoms with van der Waals surface area (Å²) < 4.78 is 0. The first-order chi connectivity index (χ1) is 6.52. The van der Waals surface area contributed by atoms with E-state index in [1.165, 1.54) is 6.42 Å². The monoisotopic (exact) mass is 214 g/mol. The maximum Gasteiger partial charge on any atom is 0.226 e. The average Bonchev–Trinajstić information content (AvgIpc) is 2.48. The molecule has 80 valence electrons. The molecule has 1 saturated carbocycles. The predicted octanol–water partition coefficient (Wildman–Crippen LogP) is 1.17. The molecule has 1 aliphatic carbocycles. The summed E-state index contributed by atoms with van der Waals surface area (Å²) in [4.78, 5) is 13.9. The Kier molecular flexibility index (Phi) is 3.86. The van der Waals surface area contributed by atoms with E-state index in [4.69, 9.17) is 18.0 Å². The number of carbonyl (C=O) groups excluding carboxylic acids is 1. The second-order valence-electron chi connectivity index (χ2n) is 4.18. The van der Waals surface area contributed by atoms with Crippen molar-refractivity contribution in [1.82, 2.24) is 4.90 Å². The molecule has 1 amide bonds. The molecular formula is C10H18N2OS. The lowest BCUT2D eigenvalue weighted by molar-refractivity contribution is -0.134. The van der Waals surface area contributed by atoms with E-state index in [-0.39, 0.29) is 11.8 Å². The van der Waals surface area contributed by atoms with E-state index < -0.39 is 0 Å². The van der Waals surface area contributed by atoms with Gasteiger partial charge in [-0.2, -0.15) is 0 Å². The highest BCUT2D eigenvalue weighted by Crippen LogP contribution is 2.32. The van der Waals surface area contributed by atoms with Gasteiger partial charge in [0, 0.05) is 13.0 Å². The van der Waals surface area contributed by atoms with Crippen molar-refractivity contribution < 1.29 is 4.79 Å². The van der Waals surface area contributed by atoms with Crippen LogP contribution < -0.4 is 5.73 Å². The molecule has 1 aliphatic rings. The summed E-state index contributed by atoms with van der Waals surface area (Å²) in [6.45, 7) is 2.54. The lowest BCUT2D eigenvalue weighted by atomic mass is 9.97. The maximum absolute atomic E-state index is 11.9. The van der Waals surface area contributed by atoms with Crippen LogP contribution in [0, 0.1) is 11.8 Å². The molecule has 0 saturated heterocycles. The predicted molar refractivity (Wildman–Crippen MR) is 60.9 cm³/mol. The largest absolute Gasteiger partial charge is 0.392 e. The van der Waals surface area contributed by atoms with Gasteiger partial charge in [0.05, 0.1) is 11.5 Å². The molecule has 1 fully saturated rings. The van der Waals surface area contributed by atoms with Gasteiger partial charge in [0.15, 0.2) is 0 Å². The van der Waals surface area contributed by atoms with E-state index in [1.54, 1.807) is 11.9 Å². The molecule has 0 aliphatic heterocycles. The van der Waals surface area contributed by atoms with Gasteiger partial charge in [0.25, 0.3) is 0 Å². The number of thiocarbonyl (C=S) groups is 1. The molecule has 2 atom stereocenters. The van der Waals surface area contributed by atoms with Crippen LogP contribution in [0.25, 0.3) is 0 Å². The van der Waals surface area contributed by atoms with Crippen LogP contribution in [-0.2, 0) is 4.79 Å². The minimum atomic E-state index is 0.189. The first-order valence-corrected chi connectivity index (χ1v) is 5.46. The minimum absolute atomic E-state index is 0.189. The molecule has 0 aromatic heterocycles. The molecule has 0 bridgehead atoms. The summed E-state index contributed by atoms with van der Waals surface area (Å²) in [7, 11) is 1.77. The van der Waals surface area contributed by atoms with Gasteiger partial charge in [0.2, 0.25) is 5.91 Å². The van der Waals surface area contributed by atoms with Crippen molar-refractivity contribution in [3.05, 3.63) is 0 Å². The molecule has 0 radical (unpaired) electrons. The van der Waals surface area contributed by atoms with Crippen LogP contribution in [-0.4, -0.2) is 29.4 Å². The lowest BCUT2D eigenvalue weighted by Crippen LogP contribution is -2.39. The molecule has 0 aromatic rings. The molecule has 2 unspecified atom stereocenters. The molecule has 0 aromatic carbocycles. The Balaban J connectivity index is 2.51. The SMILES string of the molecule is CC1CCCC1C(=O)N(C)CC(N)=S. The highest BCUT2D eigenvalue weighted by Gasteiger charge is 2.31. The van der Waals surface area contributed by atoms with Gasteiger partial charge in [-0.1, -0.05) is 25.6 Å². The molecular weight excluding hydrogens is 196 g/mol. The summed E-state index contributed by atoms with van der Waals surface area (Å²) in [6, 6.07) is 0. The fourth-order valence-electron chi connectivity index (χ4n) is 2.11. The standard InChI is InChI=1S/C10H18N2OS/c1-7-4-3-5-8(7)10(13)12(2)6-9(11)14/h7-8H,3-6H2,1-2H3,(H2,11,14). The Morgan fingerprint density at radius 3 is 2.64 bits per heavy atom. The number of nitrogens with two attached hydrogens (primary N) is 1. The summed E-state index contributed by atoms with van der Waals surface area (Å²) in [5.74, 6) is 0.897. The van der Waals surface area contributed by atoms with Crippen LogP contribution >= 0.6 is 12.2 Å². The van der Waals surface area contributed by atoms with E-state index >= 15 is 0 Å². The number of hydrogen-bond donors (Lipinski definition) is 1. The third-order valence-electron chi connectivity index (χ3n) is 2.95. The van der Waals surface area contributed by atoms with Gasteiger partial charge in [-0.05, 0) is 18.8 Å². The van der Waals surface area contributed by atoms with Crippen molar-refractivity contribution in [3.63, 3.8) is 0 Å². The van der Waals surface area contributed by atoms with Gasteiger partial charge in [-0.15, -0.1) is 0 Å². The second-order valence-corrected chi connectivity index (χ2v) is 4.70. The summed E-state index contributed by atoms with van der Waals surface area (Å²) >= 11 is 4.78. The van der Waals surface area contributed by atoms with Crippen LogP contribution in [0.1, 0.15) is 26.2 Å². The zero-order valence-electron chi connectivity index (χ0n) is 8.82. The molecule has 0 spiro atoms. The number of rotatable bonds is 3. The summed E-state index contributed by atoms with van der Waals surface area (Å²) in [5.41, 5.74) is 5.40. The van der Waals surface area contributed by atoms with Gasteiger partial charge in [0.1, 0.15) is 0 Å². The zero-order valence-corrected chi connectivity index (χ0v) is 9.64. The van der Waals surface area contributed by atoms with E-state index in [2.05, 4.69) is 6.92 Å². The third kappa shape index (κ3) is 2.67. The highest BCUT2D eigenvalue weighted by atomic mass is 32.1. The Labute approximate surface area is 90.6 Å². The van der Waals surface area contributed by atoms with Crippen LogP contribution in [0.5, 0.6) is 0 Å². The van der Waals surface area contributed by atoms with Gasteiger partial charge in [-0.25, -0.2) is 0 Å².